The molecule has 1 aliphatic heterocycles. The van der Waals surface area contributed by atoms with E-state index in [-0.39, 0.29) is 5.15 Å². The normalized spacial score (nSPS) is 17.1. The highest BCUT2D eigenvalue weighted by molar-refractivity contribution is 6.42. The number of nitrogens with zero attached hydrogens (tertiary/aromatic N) is 1. The Morgan fingerprint density at radius 1 is 1.24 bits per heavy atom. The maximum atomic E-state index is 6.03. The molecule has 94 valence electrons. The average molecular weight is 296 g/mol. The number of pyridine rings is 1. The van der Waals surface area contributed by atoms with Gasteiger partial charge in [0.1, 0.15) is 11.0 Å². The molecule has 0 unspecified atom stereocenters. The predicted molar refractivity (Wildman–Crippen MR) is 71.3 cm³/mol. The third-order valence-corrected chi connectivity index (χ3v) is 3.75. The van der Waals surface area contributed by atoms with Crippen LogP contribution in [-0.4, -0.2) is 24.7 Å². The summed E-state index contributed by atoms with van der Waals surface area (Å²) < 4.78 is 5.30. The van der Waals surface area contributed by atoms with Gasteiger partial charge in [0.05, 0.1) is 10.0 Å². The predicted octanol–water partition coefficient (Wildman–Crippen LogP) is 3.88. The molecule has 1 aromatic heterocycles. The molecule has 17 heavy (non-hydrogen) atoms. The summed E-state index contributed by atoms with van der Waals surface area (Å²) in [7, 11) is 0. The monoisotopic (exact) mass is 294 g/mol. The van der Waals surface area contributed by atoms with E-state index in [1.165, 1.54) is 0 Å². The number of rotatable bonds is 3. The summed E-state index contributed by atoms with van der Waals surface area (Å²) in [4.78, 5) is 4.12. The minimum absolute atomic E-state index is 0.269. The summed E-state index contributed by atoms with van der Waals surface area (Å²) in [5.41, 5.74) is 0. The second kappa shape index (κ2) is 6.10. The van der Waals surface area contributed by atoms with E-state index >= 15 is 0 Å². The van der Waals surface area contributed by atoms with Crippen LogP contribution in [0.25, 0.3) is 0 Å². The van der Waals surface area contributed by atoms with Crippen molar-refractivity contribution < 1.29 is 4.74 Å². The lowest BCUT2D eigenvalue weighted by molar-refractivity contribution is 0.0699. The summed E-state index contributed by atoms with van der Waals surface area (Å²) in [6.07, 6.45) is 2.12. The highest BCUT2D eigenvalue weighted by Crippen LogP contribution is 2.29. The second-order valence-corrected chi connectivity index (χ2v) is 5.20. The van der Waals surface area contributed by atoms with E-state index < -0.39 is 0 Å². The van der Waals surface area contributed by atoms with Crippen molar-refractivity contribution in [2.75, 3.05) is 25.1 Å². The van der Waals surface area contributed by atoms with Crippen LogP contribution in [0.4, 0.5) is 5.82 Å². The average Bonchev–Trinajstić information content (AvgIpc) is 2.33. The highest BCUT2D eigenvalue weighted by Gasteiger charge is 2.15. The maximum absolute atomic E-state index is 6.03. The van der Waals surface area contributed by atoms with E-state index in [0.29, 0.717) is 21.8 Å². The third kappa shape index (κ3) is 3.62. The molecule has 6 heteroatoms. The third-order valence-electron chi connectivity index (χ3n) is 2.79. The Hall–Kier alpha value is -0.220. The zero-order valence-corrected chi connectivity index (χ0v) is 11.4. The van der Waals surface area contributed by atoms with Crippen molar-refractivity contribution in [2.45, 2.75) is 12.8 Å². The Labute approximate surface area is 115 Å². The zero-order valence-electron chi connectivity index (χ0n) is 9.18. The fourth-order valence-electron chi connectivity index (χ4n) is 1.76. The van der Waals surface area contributed by atoms with Crippen LogP contribution < -0.4 is 5.32 Å². The lowest BCUT2D eigenvalue weighted by Gasteiger charge is -2.22. The molecule has 0 aromatic carbocycles. The molecule has 0 amide bonds. The van der Waals surface area contributed by atoms with Crippen molar-refractivity contribution in [1.29, 1.82) is 0 Å². The molecule has 1 N–H and O–H groups in total. The number of hydrogen-bond acceptors (Lipinski definition) is 3. The first-order valence-corrected chi connectivity index (χ1v) is 6.63. The molecule has 1 fully saturated rings. The second-order valence-electron chi connectivity index (χ2n) is 4.03. The van der Waals surface area contributed by atoms with Gasteiger partial charge in [0.25, 0.3) is 0 Å². The summed E-state index contributed by atoms with van der Waals surface area (Å²) in [6.45, 7) is 2.48. The van der Waals surface area contributed by atoms with Crippen LogP contribution in [0, 0.1) is 5.92 Å². The first-order chi connectivity index (χ1) is 8.16. The van der Waals surface area contributed by atoms with Crippen molar-refractivity contribution in [3.8, 4) is 0 Å². The lowest BCUT2D eigenvalue weighted by atomic mass is 10.0. The Morgan fingerprint density at radius 2 is 1.94 bits per heavy atom. The van der Waals surface area contributed by atoms with E-state index in [2.05, 4.69) is 10.3 Å². The van der Waals surface area contributed by atoms with E-state index in [4.69, 9.17) is 39.5 Å². The molecule has 0 atom stereocenters. The number of nitrogens with one attached hydrogen (secondary N) is 1. The number of ether oxygens (including phenoxy) is 1. The Balaban J connectivity index is 1.96. The van der Waals surface area contributed by atoms with Gasteiger partial charge < -0.3 is 10.1 Å². The van der Waals surface area contributed by atoms with Crippen LogP contribution in [-0.2, 0) is 4.74 Å². The molecular formula is C11H13Cl3N2O. The molecule has 0 spiro atoms. The van der Waals surface area contributed by atoms with Crippen molar-refractivity contribution in [2.24, 2.45) is 5.92 Å². The summed E-state index contributed by atoms with van der Waals surface area (Å²) in [5.74, 6) is 1.18. The number of aromatic nitrogens is 1. The quantitative estimate of drug-likeness (QED) is 0.859. The number of halogens is 3. The summed E-state index contributed by atoms with van der Waals surface area (Å²) in [6, 6.07) is 1.60. The molecule has 0 saturated carbocycles. The van der Waals surface area contributed by atoms with Gasteiger partial charge in [-0.1, -0.05) is 34.8 Å². The fraction of sp³-hybridized carbons (Fsp3) is 0.545. The SMILES string of the molecule is Clc1cc(Cl)c(NCC2CCOCC2)nc1Cl. The van der Waals surface area contributed by atoms with Gasteiger partial charge in [-0.3, -0.25) is 0 Å². The van der Waals surface area contributed by atoms with E-state index in [0.717, 1.165) is 32.6 Å². The first-order valence-electron chi connectivity index (χ1n) is 5.50. The molecule has 1 aliphatic rings. The van der Waals surface area contributed by atoms with Crippen LogP contribution in [0.15, 0.2) is 6.07 Å². The number of hydrogen-bond donors (Lipinski definition) is 1. The van der Waals surface area contributed by atoms with Gasteiger partial charge in [0.15, 0.2) is 0 Å². The Bertz CT molecular complexity index is 395. The van der Waals surface area contributed by atoms with Gasteiger partial charge in [0.2, 0.25) is 0 Å². The summed E-state index contributed by atoms with van der Waals surface area (Å²) in [5, 5.41) is 4.34. The van der Waals surface area contributed by atoms with Crippen LogP contribution in [0.5, 0.6) is 0 Å². The molecule has 0 radical (unpaired) electrons. The van der Waals surface area contributed by atoms with Crippen LogP contribution >= 0.6 is 34.8 Å². The van der Waals surface area contributed by atoms with Crippen LogP contribution in [0.3, 0.4) is 0 Å². The van der Waals surface area contributed by atoms with Gasteiger partial charge in [-0.15, -0.1) is 0 Å². The van der Waals surface area contributed by atoms with Crippen molar-refractivity contribution in [1.82, 2.24) is 4.98 Å². The van der Waals surface area contributed by atoms with Gasteiger partial charge in [-0.25, -0.2) is 4.98 Å². The molecule has 1 aromatic rings. The first kappa shape index (κ1) is 13.2. The Kier molecular flexibility index (Phi) is 4.74. The van der Waals surface area contributed by atoms with Crippen LogP contribution in [0.1, 0.15) is 12.8 Å². The van der Waals surface area contributed by atoms with Crippen molar-refractivity contribution in [3.63, 3.8) is 0 Å². The van der Waals surface area contributed by atoms with Gasteiger partial charge >= 0.3 is 0 Å². The standard InChI is InChI=1S/C11H13Cl3N2O/c12-8-5-9(13)11(16-10(8)14)15-6-7-1-3-17-4-2-7/h5,7H,1-4,6H2,(H,15,16). The molecule has 3 nitrogen and oxygen atoms in total. The molecule has 0 bridgehead atoms. The lowest BCUT2D eigenvalue weighted by Crippen LogP contribution is -2.23. The zero-order chi connectivity index (χ0) is 12.3. The smallest absolute Gasteiger partial charge is 0.150 e. The van der Waals surface area contributed by atoms with Gasteiger partial charge in [0, 0.05) is 19.8 Å². The molecule has 0 aliphatic carbocycles. The summed E-state index contributed by atoms with van der Waals surface area (Å²) >= 11 is 17.7. The largest absolute Gasteiger partial charge is 0.381 e. The van der Waals surface area contributed by atoms with E-state index in [9.17, 15) is 0 Å². The van der Waals surface area contributed by atoms with E-state index in [1.54, 1.807) is 6.07 Å². The molecule has 2 rings (SSSR count). The van der Waals surface area contributed by atoms with Crippen molar-refractivity contribution in [3.05, 3.63) is 21.3 Å². The molecule has 1 saturated heterocycles. The fourth-order valence-corrected chi connectivity index (χ4v) is 2.32. The van der Waals surface area contributed by atoms with Crippen LogP contribution in [0.2, 0.25) is 15.2 Å². The highest BCUT2D eigenvalue weighted by atomic mass is 35.5. The number of anilines is 1. The minimum Gasteiger partial charge on any atom is -0.381 e. The van der Waals surface area contributed by atoms with E-state index in [1.807, 2.05) is 0 Å². The van der Waals surface area contributed by atoms with Gasteiger partial charge in [-0.2, -0.15) is 0 Å². The Morgan fingerprint density at radius 3 is 2.65 bits per heavy atom. The topological polar surface area (TPSA) is 34.1 Å². The molecule has 2 heterocycles. The maximum Gasteiger partial charge on any atom is 0.150 e. The van der Waals surface area contributed by atoms with Crippen molar-refractivity contribution >= 4 is 40.6 Å². The van der Waals surface area contributed by atoms with Gasteiger partial charge in [-0.05, 0) is 24.8 Å². The molecular weight excluding hydrogens is 282 g/mol. The minimum atomic E-state index is 0.269.